The van der Waals surface area contributed by atoms with Crippen molar-refractivity contribution in [3.63, 3.8) is 0 Å². The summed E-state index contributed by atoms with van der Waals surface area (Å²) in [5, 5.41) is 9.09. The fourth-order valence-electron chi connectivity index (χ4n) is 4.73. The number of hydrogen-bond donors (Lipinski definition) is 4. The van der Waals surface area contributed by atoms with E-state index < -0.39 is 0 Å². The van der Waals surface area contributed by atoms with Gasteiger partial charge in [-0.2, -0.15) is 0 Å². The summed E-state index contributed by atoms with van der Waals surface area (Å²) in [6.07, 6.45) is 2.31. The Hall–Kier alpha value is -3.64. The highest BCUT2D eigenvalue weighted by atomic mass is 16.2. The third-order valence-electron chi connectivity index (χ3n) is 6.41. The number of anilines is 1. The Morgan fingerprint density at radius 1 is 1.03 bits per heavy atom. The monoisotopic (exact) mass is 456 g/mol. The Balaban J connectivity index is 1.43. The lowest BCUT2D eigenvalue weighted by atomic mass is 9.93. The van der Waals surface area contributed by atoms with Crippen LogP contribution >= 0.6 is 0 Å². The van der Waals surface area contributed by atoms with E-state index in [1.165, 1.54) is 5.56 Å². The van der Waals surface area contributed by atoms with Gasteiger partial charge in [0.05, 0.1) is 5.57 Å². The molecule has 4 N–H and O–H groups in total. The number of carbonyl (C=O) groups is 2. The van der Waals surface area contributed by atoms with Crippen molar-refractivity contribution in [1.82, 2.24) is 15.6 Å². The van der Waals surface area contributed by atoms with Crippen molar-refractivity contribution in [3.05, 3.63) is 87.7 Å². The summed E-state index contributed by atoms with van der Waals surface area (Å²) in [5.41, 5.74) is 8.83. The van der Waals surface area contributed by atoms with Crippen LogP contribution < -0.4 is 16.0 Å². The molecule has 1 aliphatic heterocycles. The predicted octanol–water partition coefficient (Wildman–Crippen LogP) is 4.65. The molecular weight excluding hydrogens is 424 g/mol. The molecule has 34 heavy (non-hydrogen) atoms. The first-order valence-electron chi connectivity index (χ1n) is 11.7. The first kappa shape index (κ1) is 23.5. The van der Waals surface area contributed by atoms with E-state index in [4.69, 9.17) is 0 Å². The van der Waals surface area contributed by atoms with Gasteiger partial charge in [-0.1, -0.05) is 49.4 Å². The lowest BCUT2D eigenvalue weighted by Crippen LogP contribution is -2.24. The molecule has 6 heteroatoms. The zero-order valence-electron chi connectivity index (χ0n) is 20.2. The molecule has 0 saturated carbocycles. The highest BCUT2D eigenvalue weighted by Crippen LogP contribution is 2.35. The number of amides is 2. The number of fused-ring (bicyclic) bond motifs is 1. The van der Waals surface area contributed by atoms with Gasteiger partial charge in [0.2, 0.25) is 5.91 Å². The first-order chi connectivity index (χ1) is 16.4. The van der Waals surface area contributed by atoms with Gasteiger partial charge in [0.25, 0.3) is 5.91 Å². The maximum atomic E-state index is 12.7. The van der Waals surface area contributed by atoms with Crippen LogP contribution in [-0.2, 0) is 22.7 Å². The summed E-state index contributed by atoms with van der Waals surface area (Å²) in [6.45, 7) is 7.49. The molecule has 2 aromatic carbocycles. The van der Waals surface area contributed by atoms with Gasteiger partial charge in [0.1, 0.15) is 0 Å². The molecule has 1 atom stereocenters. The molecule has 2 amide bonds. The molecule has 0 bridgehead atoms. The topological polar surface area (TPSA) is 86.0 Å². The van der Waals surface area contributed by atoms with Gasteiger partial charge in [-0.15, -0.1) is 0 Å². The second kappa shape index (κ2) is 10.1. The van der Waals surface area contributed by atoms with Crippen molar-refractivity contribution >= 4 is 29.2 Å². The Kier molecular flexibility index (Phi) is 6.98. The number of benzene rings is 2. The third-order valence-corrected chi connectivity index (χ3v) is 6.41. The minimum Gasteiger partial charge on any atom is -0.359 e. The van der Waals surface area contributed by atoms with Crippen LogP contribution in [0.15, 0.2) is 48.5 Å². The number of carbonyl (C=O) groups excluding carboxylic acids is 2. The summed E-state index contributed by atoms with van der Waals surface area (Å²) < 4.78 is 0. The van der Waals surface area contributed by atoms with Gasteiger partial charge in [0, 0.05) is 42.1 Å². The maximum Gasteiger partial charge on any atom is 0.256 e. The minimum absolute atomic E-state index is 0.0239. The molecule has 0 spiro atoms. The molecule has 0 fully saturated rings. The summed E-state index contributed by atoms with van der Waals surface area (Å²) in [7, 11) is 1.92. The number of hydrogen-bond acceptors (Lipinski definition) is 3. The third kappa shape index (κ3) is 4.97. The summed E-state index contributed by atoms with van der Waals surface area (Å²) in [5.74, 6) is -0.0253. The largest absolute Gasteiger partial charge is 0.359 e. The number of aromatic nitrogens is 1. The standard InChI is InChI=1S/C28H32N4O2/c1-17(13-26(33)30-16-21-11-9-20(10-12-21)15-29-4)27-18(2)25(31-19(27)3)14-23-22-7-5-6-8-24(22)32-28(23)34/h5-12,14,17,29,31H,13,15-16H2,1-4H3,(H,30,33)(H,32,34). The van der Waals surface area contributed by atoms with Crippen molar-refractivity contribution in [2.75, 3.05) is 12.4 Å². The molecule has 2 heterocycles. The zero-order valence-corrected chi connectivity index (χ0v) is 20.2. The minimum atomic E-state index is -0.0965. The average Bonchev–Trinajstić information content (AvgIpc) is 3.28. The van der Waals surface area contributed by atoms with Gasteiger partial charge in [0.15, 0.2) is 0 Å². The lowest BCUT2D eigenvalue weighted by molar-refractivity contribution is -0.121. The smallest absolute Gasteiger partial charge is 0.256 e. The molecule has 0 saturated heterocycles. The van der Waals surface area contributed by atoms with Crippen molar-refractivity contribution in [3.8, 4) is 0 Å². The fraction of sp³-hybridized carbons (Fsp3) is 0.286. The molecule has 3 aromatic rings. The molecule has 0 radical (unpaired) electrons. The molecule has 6 nitrogen and oxygen atoms in total. The molecular formula is C28H32N4O2. The van der Waals surface area contributed by atoms with E-state index in [0.29, 0.717) is 18.5 Å². The van der Waals surface area contributed by atoms with Crippen LogP contribution in [0.4, 0.5) is 5.69 Å². The van der Waals surface area contributed by atoms with Crippen LogP contribution in [0.1, 0.15) is 58.5 Å². The van der Waals surface area contributed by atoms with Gasteiger partial charge >= 0.3 is 0 Å². The summed E-state index contributed by atoms with van der Waals surface area (Å²) in [6, 6.07) is 16.0. The fourth-order valence-corrected chi connectivity index (χ4v) is 4.73. The van der Waals surface area contributed by atoms with E-state index in [2.05, 4.69) is 40.0 Å². The molecule has 0 aliphatic carbocycles. The van der Waals surface area contributed by atoms with Crippen LogP contribution in [0.5, 0.6) is 0 Å². The highest BCUT2D eigenvalue weighted by molar-refractivity contribution is 6.34. The van der Waals surface area contributed by atoms with E-state index in [9.17, 15) is 9.59 Å². The van der Waals surface area contributed by atoms with E-state index in [1.54, 1.807) is 0 Å². The Labute approximate surface area is 200 Å². The van der Waals surface area contributed by atoms with E-state index >= 15 is 0 Å². The Bertz CT molecular complexity index is 1240. The highest BCUT2D eigenvalue weighted by Gasteiger charge is 2.25. The van der Waals surface area contributed by atoms with Crippen molar-refractivity contribution in [1.29, 1.82) is 0 Å². The van der Waals surface area contributed by atoms with Crippen LogP contribution in [0.3, 0.4) is 0 Å². The lowest BCUT2D eigenvalue weighted by Gasteiger charge is -2.13. The molecule has 176 valence electrons. The SMILES string of the molecule is CNCc1ccc(CNC(=O)CC(C)c2c(C)[nH]c(C=C3C(=O)Nc4ccccc43)c2C)cc1. The van der Waals surface area contributed by atoms with E-state index in [-0.39, 0.29) is 17.7 Å². The second-order valence-electron chi connectivity index (χ2n) is 8.99. The molecule has 4 rings (SSSR count). The predicted molar refractivity (Wildman–Crippen MR) is 137 cm³/mol. The number of H-pyrrole nitrogens is 1. The van der Waals surface area contributed by atoms with Crippen LogP contribution in [0.2, 0.25) is 0 Å². The van der Waals surface area contributed by atoms with Crippen LogP contribution in [-0.4, -0.2) is 23.8 Å². The zero-order chi connectivity index (χ0) is 24.2. The number of nitrogens with one attached hydrogen (secondary N) is 4. The first-order valence-corrected chi connectivity index (χ1v) is 11.7. The van der Waals surface area contributed by atoms with Crippen molar-refractivity contribution in [2.45, 2.75) is 46.2 Å². The quantitative estimate of drug-likeness (QED) is 0.372. The van der Waals surface area contributed by atoms with E-state index in [1.807, 2.05) is 63.4 Å². The van der Waals surface area contributed by atoms with Gasteiger partial charge < -0.3 is 20.9 Å². The number of para-hydroxylation sites is 1. The van der Waals surface area contributed by atoms with Crippen molar-refractivity contribution < 1.29 is 9.59 Å². The Morgan fingerprint density at radius 3 is 2.41 bits per heavy atom. The van der Waals surface area contributed by atoms with Gasteiger partial charge in [-0.05, 0) is 61.2 Å². The summed E-state index contributed by atoms with van der Waals surface area (Å²) >= 11 is 0. The number of aromatic amines is 1. The van der Waals surface area contributed by atoms with Gasteiger partial charge in [-0.25, -0.2) is 0 Å². The number of aryl methyl sites for hydroxylation is 1. The normalized spacial score (nSPS) is 14.7. The molecule has 1 unspecified atom stereocenters. The molecule has 1 aliphatic rings. The van der Waals surface area contributed by atoms with E-state index in [0.717, 1.165) is 45.9 Å². The van der Waals surface area contributed by atoms with Crippen LogP contribution in [0.25, 0.3) is 11.6 Å². The maximum absolute atomic E-state index is 12.7. The van der Waals surface area contributed by atoms with Crippen molar-refractivity contribution in [2.24, 2.45) is 0 Å². The Morgan fingerprint density at radius 2 is 1.71 bits per heavy atom. The number of rotatable bonds is 8. The molecule has 1 aromatic heterocycles. The van der Waals surface area contributed by atoms with Crippen LogP contribution in [0, 0.1) is 13.8 Å². The summed E-state index contributed by atoms with van der Waals surface area (Å²) in [4.78, 5) is 28.6. The second-order valence-corrected chi connectivity index (χ2v) is 8.99. The van der Waals surface area contributed by atoms with Gasteiger partial charge in [-0.3, -0.25) is 9.59 Å². The average molecular weight is 457 g/mol.